The Hall–Kier alpha value is -5.32. The number of hydrogen-bond donors (Lipinski definition) is 2. The lowest BCUT2D eigenvalue weighted by Gasteiger charge is -2.20. The van der Waals surface area contributed by atoms with Crippen LogP contribution in [0, 0.1) is 0 Å². The van der Waals surface area contributed by atoms with E-state index in [1.54, 1.807) is 0 Å². The normalized spacial score (nSPS) is 14.9. The van der Waals surface area contributed by atoms with Gasteiger partial charge in [0.1, 0.15) is 17.4 Å². The number of ether oxygens (including phenoxy) is 1. The number of hydrogen-bond acceptors (Lipinski definition) is 4. The van der Waals surface area contributed by atoms with E-state index in [2.05, 4.69) is 66.7 Å². The van der Waals surface area contributed by atoms with Gasteiger partial charge in [-0.1, -0.05) is 109 Å². The maximum Gasteiger partial charge on any atom is 0.178 e. The smallest absolute Gasteiger partial charge is 0.178 e. The predicted octanol–water partition coefficient (Wildman–Crippen LogP) is 9.86. The van der Waals surface area contributed by atoms with Crippen LogP contribution in [-0.2, 0) is 4.74 Å². The van der Waals surface area contributed by atoms with Gasteiger partial charge in [-0.3, -0.25) is 0 Å². The van der Waals surface area contributed by atoms with Gasteiger partial charge in [0.25, 0.3) is 0 Å². The molecule has 1 atom stereocenters. The highest BCUT2D eigenvalue weighted by molar-refractivity contribution is 6.25. The summed E-state index contributed by atoms with van der Waals surface area (Å²) in [4.78, 5) is 0. The second-order valence-electron chi connectivity index (χ2n) is 11.0. The van der Waals surface area contributed by atoms with E-state index >= 15 is 0 Å². The number of para-hydroxylation sites is 1. The van der Waals surface area contributed by atoms with Crippen LogP contribution >= 0.6 is 0 Å². The molecular weight excluding hydrogens is 520 g/mol. The lowest BCUT2D eigenvalue weighted by Crippen LogP contribution is -1.95. The number of aromatic hydroxyl groups is 2. The summed E-state index contributed by atoms with van der Waals surface area (Å²) in [5.41, 5.74) is 5.07. The molecule has 2 N–H and O–H groups in total. The van der Waals surface area contributed by atoms with Crippen molar-refractivity contribution in [3.8, 4) is 33.8 Å². The van der Waals surface area contributed by atoms with Gasteiger partial charge in [0.15, 0.2) is 11.3 Å². The van der Waals surface area contributed by atoms with Gasteiger partial charge < -0.3 is 19.4 Å². The molecule has 4 heteroatoms. The van der Waals surface area contributed by atoms with Gasteiger partial charge in [-0.05, 0) is 49.5 Å². The number of phenols is 2. The maximum absolute atomic E-state index is 12.1. The Bertz CT molecular complexity index is 2330. The second kappa shape index (κ2) is 8.59. The van der Waals surface area contributed by atoms with Gasteiger partial charge in [0.05, 0.1) is 12.2 Å². The summed E-state index contributed by atoms with van der Waals surface area (Å²) in [5.74, 6) is -0.0430. The summed E-state index contributed by atoms with van der Waals surface area (Å²) in [6, 6.07) is 39.0. The highest BCUT2D eigenvalue weighted by Crippen LogP contribution is 2.56. The summed E-state index contributed by atoms with van der Waals surface area (Å²) in [5, 5.41) is 31.9. The van der Waals surface area contributed by atoms with Crippen LogP contribution in [0.3, 0.4) is 0 Å². The molecule has 2 heterocycles. The highest BCUT2D eigenvalue weighted by Gasteiger charge is 2.36. The van der Waals surface area contributed by atoms with E-state index in [1.807, 2.05) is 48.5 Å². The first kappa shape index (κ1) is 23.4. The molecule has 0 spiro atoms. The number of rotatable bonds is 3. The van der Waals surface area contributed by atoms with E-state index in [0.29, 0.717) is 34.3 Å². The summed E-state index contributed by atoms with van der Waals surface area (Å²) in [7, 11) is 0. The van der Waals surface area contributed by atoms with Gasteiger partial charge in [0.2, 0.25) is 0 Å². The minimum absolute atomic E-state index is 0.0299. The van der Waals surface area contributed by atoms with E-state index < -0.39 is 0 Å². The molecule has 4 nitrogen and oxygen atoms in total. The number of benzene rings is 7. The fourth-order valence-electron chi connectivity index (χ4n) is 6.85. The fraction of sp³-hybridized carbons (Fsp3) is 0.0526. The number of furan rings is 1. The van der Waals surface area contributed by atoms with Crippen molar-refractivity contribution in [2.24, 2.45) is 0 Å². The van der Waals surface area contributed by atoms with Crippen molar-refractivity contribution in [3.05, 3.63) is 121 Å². The molecule has 1 fully saturated rings. The number of phenolic OH excluding ortho intramolecular Hbond substituents is 2. The average molecular weight is 545 g/mol. The Balaban J connectivity index is 1.48. The molecule has 42 heavy (non-hydrogen) atoms. The number of fused-ring (bicyclic) bond motifs is 6. The lowest BCUT2D eigenvalue weighted by molar-refractivity contribution is 0.401. The fourth-order valence-corrected chi connectivity index (χ4v) is 6.85. The molecule has 1 saturated heterocycles. The van der Waals surface area contributed by atoms with Crippen molar-refractivity contribution < 1.29 is 19.4 Å². The average Bonchev–Trinajstić information content (AvgIpc) is 3.80. The van der Waals surface area contributed by atoms with Crippen LogP contribution in [0.2, 0.25) is 0 Å². The van der Waals surface area contributed by atoms with Crippen LogP contribution in [0.5, 0.6) is 11.5 Å². The molecular formula is C38H24O4. The van der Waals surface area contributed by atoms with Crippen LogP contribution in [0.4, 0.5) is 0 Å². The Morgan fingerprint density at radius 2 is 1.07 bits per heavy atom. The summed E-state index contributed by atoms with van der Waals surface area (Å²) in [6.45, 7) is 0.508. The third-order valence-electron chi connectivity index (χ3n) is 8.70. The molecule has 0 aliphatic carbocycles. The molecule has 0 saturated carbocycles. The van der Waals surface area contributed by atoms with Crippen LogP contribution in [0.25, 0.3) is 76.5 Å². The van der Waals surface area contributed by atoms with Crippen LogP contribution in [0.15, 0.2) is 120 Å². The zero-order valence-corrected chi connectivity index (χ0v) is 22.5. The SMILES string of the molecule is Oc1c(-c2c3ccccc3c(-c3cccc4ccccc34)c3ccccc23)c(O)c2oc3ccccc3c2c1C1CO1. The Morgan fingerprint density at radius 3 is 1.74 bits per heavy atom. The van der Waals surface area contributed by atoms with Crippen molar-refractivity contribution in [1.82, 2.24) is 0 Å². The first-order valence-electron chi connectivity index (χ1n) is 14.1. The molecule has 1 aliphatic rings. The molecule has 0 bridgehead atoms. The molecule has 0 radical (unpaired) electrons. The van der Waals surface area contributed by atoms with E-state index in [-0.39, 0.29) is 17.6 Å². The summed E-state index contributed by atoms with van der Waals surface area (Å²) >= 11 is 0. The van der Waals surface area contributed by atoms with Crippen molar-refractivity contribution in [3.63, 3.8) is 0 Å². The van der Waals surface area contributed by atoms with Crippen LogP contribution < -0.4 is 0 Å². The Kier molecular flexibility index (Phi) is 4.78. The quantitative estimate of drug-likeness (QED) is 0.172. The first-order valence-corrected chi connectivity index (χ1v) is 14.1. The third-order valence-corrected chi connectivity index (χ3v) is 8.70. The van der Waals surface area contributed by atoms with Crippen molar-refractivity contribution in [2.45, 2.75) is 6.10 Å². The van der Waals surface area contributed by atoms with Gasteiger partial charge in [-0.2, -0.15) is 0 Å². The first-order chi connectivity index (χ1) is 20.7. The minimum atomic E-state index is -0.264. The van der Waals surface area contributed by atoms with E-state index in [1.165, 1.54) is 10.8 Å². The van der Waals surface area contributed by atoms with Gasteiger partial charge in [-0.25, -0.2) is 0 Å². The summed E-state index contributed by atoms with van der Waals surface area (Å²) in [6.07, 6.45) is -0.264. The molecule has 9 rings (SSSR count). The second-order valence-corrected chi connectivity index (χ2v) is 11.0. The van der Waals surface area contributed by atoms with E-state index in [0.717, 1.165) is 43.6 Å². The predicted molar refractivity (Wildman–Crippen MR) is 169 cm³/mol. The molecule has 1 unspecified atom stereocenters. The molecule has 0 amide bonds. The largest absolute Gasteiger partial charge is 0.507 e. The highest BCUT2D eigenvalue weighted by atomic mass is 16.6. The number of epoxide rings is 1. The van der Waals surface area contributed by atoms with Crippen molar-refractivity contribution >= 4 is 54.3 Å². The zero-order chi connectivity index (χ0) is 27.9. The van der Waals surface area contributed by atoms with Crippen LogP contribution in [-0.4, -0.2) is 16.8 Å². The molecule has 7 aromatic carbocycles. The minimum Gasteiger partial charge on any atom is -0.507 e. The molecule has 1 aromatic heterocycles. The molecule has 8 aromatic rings. The van der Waals surface area contributed by atoms with Gasteiger partial charge >= 0.3 is 0 Å². The molecule has 200 valence electrons. The third kappa shape index (κ3) is 3.15. The maximum atomic E-state index is 12.1. The monoisotopic (exact) mass is 544 g/mol. The van der Waals surface area contributed by atoms with Gasteiger partial charge in [-0.15, -0.1) is 0 Å². The van der Waals surface area contributed by atoms with Crippen molar-refractivity contribution in [1.29, 1.82) is 0 Å². The molecule has 1 aliphatic heterocycles. The Morgan fingerprint density at radius 1 is 0.524 bits per heavy atom. The lowest BCUT2D eigenvalue weighted by atomic mass is 9.83. The van der Waals surface area contributed by atoms with Crippen LogP contribution in [0.1, 0.15) is 11.7 Å². The Labute approximate surface area is 240 Å². The topological polar surface area (TPSA) is 66.1 Å². The standard InChI is InChI=1S/C38H24O4/c39-36-34(30-20-41-30)33-28-17-7-8-19-29(28)42-38(33)37(40)35(36)32-26-15-5-3-13-24(26)31(25-14-4-6-16-27(25)32)23-18-9-11-21-10-1-2-12-22(21)23/h1-19,30,39-40H,20H2. The zero-order valence-electron chi connectivity index (χ0n) is 22.5. The van der Waals surface area contributed by atoms with Crippen molar-refractivity contribution in [2.75, 3.05) is 6.61 Å². The van der Waals surface area contributed by atoms with Gasteiger partial charge in [0, 0.05) is 21.9 Å². The van der Waals surface area contributed by atoms with E-state index in [9.17, 15) is 10.2 Å². The van der Waals surface area contributed by atoms with E-state index in [4.69, 9.17) is 9.15 Å². The summed E-state index contributed by atoms with van der Waals surface area (Å²) < 4.78 is 12.0.